The van der Waals surface area contributed by atoms with Gasteiger partial charge in [-0.2, -0.15) is 12.6 Å². The highest BCUT2D eigenvalue weighted by molar-refractivity contribution is 7.80. The predicted octanol–water partition coefficient (Wildman–Crippen LogP) is -8.53. The van der Waals surface area contributed by atoms with Crippen molar-refractivity contribution < 1.29 is 57.5 Å². The zero-order valence-corrected chi connectivity index (χ0v) is 48.1. The fraction of sp³-hybridized carbons (Fsp3) is 0.681. The molecule has 0 aromatic rings. The zero-order valence-electron chi connectivity index (χ0n) is 47.2. The lowest BCUT2D eigenvalue weighted by molar-refractivity contribution is -0.140. The molecule has 11 amide bonds. The monoisotopic (exact) mass is 1170 g/mol. The number of rotatable bonds is 40. The van der Waals surface area contributed by atoms with E-state index in [1.807, 2.05) is 0 Å². The molecule has 0 aliphatic carbocycles. The van der Waals surface area contributed by atoms with Gasteiger partial charge >= 0.3 is 0 Å². The quantitative estimate of drug-likeness (QED) is 0.00891. The minimum Gasteiger partial charge on any atom is -0.370 e. The van der Waals surface area contributed by atoms with E-state index in [2.05, 4.69) is 91.4 Å². The van der Waals surface area contributed by atoms with Crippen molar-refractivity contribution in [1.82, 2.24) is 63.8 Å². The summed E-state index contributed by atoms with van der Waals surface area (Å²) in [5, 5.41) is 29.7. The first kappa shape index (κ1) is 73.0. The highest BCUT2D eigenvalue weighted by atomic mass is 32.1. The number of hydrogen-bond acceptors (Lipinski definition) is 17. The van der Waals surface area contributed by atoms with Gasteiger partial charge < -0.3 is 98.2 Å². The number of nitrogens with one attached hydrogen (secondary N) is 12. The number of amides is 11. The first-order valence-electron chi connectivity index (χ1n) is 26.1. The molecule has 33 nitrogen and oxygen atoms in total. The van der Waals surface area contributed by atoms with Crippen LogP contribution in [-0.2, 0) is 57.5 Å². The van der Waals surface area contributed by atoms with Crippen molar-refractivity contribution >= 4 is 101 Å². The molecule has 24 N–H and O–H groups in total. The zero-order chi connectivity index (χ0) is 61.8. The molecular weight excluding hydrogens is 1080 g/mol. The van der Waals surface area contributed by atoms with Crippen LogP contribution in [0.4, 0.5) is 0 Å². The lowest BCUT2D eigenvalue weighted by Crippen LogP contribution is -2.60. The summed E-state index contributed by atoms with van der Waals surface area (Å²) in [6, 6.07) is -9.03. The first-order valence-corrected chi connectivity index (χ1v) is 26.8. The molecule has 0 spiro atoms. The van der Waals surface area contributed by atoms with Gasteiger partial charge in [-0.1, -0.05) is 27.7 Å². The SMILES string of the molecule is CNC(=O)CNC(=O)CNC(=O)CNC(=O)CNC(=O)C(CC(C)C)NC(=O)[C@H](CCCN=C(N)N)NC(=O)C(CCCN=C(N)N)NC(=O)[C@H](CC(C)C)NC(=O)C(CCCN=C(N)N)NC(=O)[C@H](C)NC(=O)C(=O)[C@H](CS)NC. The third-order valence-corrected chi connectivity index (χ3v) is 11.6. The van der Waals surface area contributed by atoms with Crippen LogP contribution in [-0.4, -0.2) is 197 Å². The molecule has 3 unspecified atom stereocenters. The average molecular weight is 1170 g/mol. The Balaban J connectivity index is 6.67. The Kier molecular flexibility index (Phi) is 36.2. The van der Waals surface area contributed by atoms with Gasteiger partial charge in [0.2, 0.25) is 64.9 Å². The van der Waals surface area contributed by atoms with Crippen LogP contribution in [0, 0.1) is 11.8 Å². The van der Waals surface area contributed by atoms with Crippen LogP contribution in [0.15, 0.2) is 15.0 Å². The van der Waals surface area contributed by atoms with Gasteiger partial charge in [0.25, 0.3) is 5.91 Å². The highest BCUT2D eigenvalue weighted by Crippen LogP contribution is 2.11. The standard InChI is InChI=1S/C47H87N21O12S/c1-24(2)17-30(39(75)62-22-36(72)61-21-35(71)60-20-34(70)59-19-33(69)55-7)67-42(78)29(13-10-16-58-47(52)53)65-40(76)28(12-9-15-57-46(50)51)66-43(79)31(18-25(3)4)68-41(77)27(11-8-14-56-45(48)49)64-38(74)26(5)63-44(80)37(73)32(23-81)54-6/h24-32,54,81H,8-23H2,1-7H3,(H,55,69)(H,59,70)(H,60,71)(H,61,72)(H,62,75)(H,63,80)(H,64,74)(H,65,76)(H,66,79)(H,67,78)(H,68,77)(H4,48,49,56)(H4,50,51,57)(H4,52,53,58)/t26-,27?,28?,29-,30?,31-,32-/m0/s1. The summed E-state index contributed by atoms with van der Waals surface area (Å²) >= 11 is 4.06. The Morgan fingerprint density at radius 3 is 1.06 bits per heavy atom. The summed E-state index contributed by atoms with van der Waals surface area (Å²) in [5.41, 5.74) is 33.0. The molecule has 7 atom stereocenters. The topological polar surface area (TPSA) is 542 Å². The summed E-state index contributed by atoms with van der Waals surface area (Å²) in [5.74, 6) is -10.9. The number of nitrogens with two attached hydrogens (primary N) is 6. The normalized spacial score (nSPS) is 13.3. The third-order valence-electron chi connectivity index (χ3n) is 11.3. The second-order valence-electron chi connectivity index (χ2n) is 19.2. The molecule has 0 aliphatic rings. The second kappa shape index (κ2) is 40.2. The van der Waals surface area contributed by atoms with E-state index in [0.29, 0.717) is 0 Å². The molecule has 0 rings (SSSR count). The van der Waals surface area contributed by atoms with Crippen LogP contribution in [0.3, 0.4) is 0 Å². The summed E-state index contributed by atoms with van der Waals surface area (Å²) in [7, 11) is 2.84. The molecule has 34 heteroatoms. The highest BCUT2D eigenvalue weighted by Gasteiger charge is 2.34. The lowest BCUT2D eigenvalue weighted by atomic mass is 10.0. The molecule has 0 bridgehead atoms. The van der Waals surface area contributed by atoms with Gasteiger partial charge in [-0.25, -0.2) is 0 Å². The van der Waals surface area contributed by atoms with Gasteiger partial charge in [-0.05, 0) is 77.2 Å². The molecule has 0 radical (unpaired) electrons. The van der Waals surface area contributed by atoms with Gasteiger partial charge in [0.15, 0.2) is 17.9 Å². The number of aliphatic imine (C=N–C) groups is 3. The van der Waals surface area contributed by atoms with Crippen LogP contribution in [0.25, 0.3) is 0 Å². The molecule has 0 fully saturated rings. The minimum absolute atomic E-state index is 0.00679. The molecule has 0 aromatic heterocycles. The minimum atomic E-state index is -1.42. The smallest absolute Gasteiger partial charge is 0.289 e. The van der Waals surface area contributed by atoms with E-state index in [1.54, 1.807) is 27.7 Å². The number of carbonyl (C=O) groups is 12. The van der Waals surface area contributed by atoms with E-state index in [0.717, 1.165) is 0 Å². The number of hydrogen-bond donors (Lipinski definition) is 19. The van der Waals surface area contributed by atoms with Crippen molar-refractivity contribution in [1.29, 1.82) is 0 Å². The van der Waals surface area contributed by atoms with Crippen LogP contribution < -0.4 is 98.2 Å². The fourth-order valence-corrected chi connectivity index (χ4v) is 7.36. The molecule has 458 valence electrons. The number of guanidine groups is 3. The van der Waals surface area contributed by atoms with Crippen LogP contribution >= 0.6 is 12.6 Å². The number of likely N-dealkylation sites (N-methyl/N-ethyl adjacent to an activating group) is 2. The second-order valence-corrected chi connectivity index (χ2v) is 19.6. The molecule has 0 saturated heterocycles. The Labute approximate surface area is 476 Å². The maximum Gasteiger partial charge on any atom is 0.289 e. The number of carbonyl (C=O) groups excluding carboxylic acids is 12. The molecule has 0 saturated carbocycles. The van der Waals surface area contributed by atoms with Gasteiger partial charge in [0.1, 0.15) is 36.3 Å². The molecule has 0 aliphatic heterocycles. The summed E-state index contributed by atoms with van der Waals surface area (Å²) < 4.78 is 0. The summed E-state index contributed by atoms with van der Waals surface area (Å²) in [6.45, 7) is 6.42. The number of thiol groups is 1. The molecular formula is C47H87N21O12S. The number of nitrogens with zero attached hydrogens (tertiary/aromatic N) is 3. The number of Topliss-reactive ketones (excluding diaryl/α,β-unsaturated/α-hetero) is 1. The fourth-order valence-electron chi connectivity index (χ4n) is 7.01. The lowest BCUT2D eigenvalue weighted by Gasteiger charge is -2.28. The maximum atomic E-state index is 14.4. The van der Waals surface area contributed by atoms with Crippen molar-refractivity contribution in [3.63, 3.8) is 0 Å². The van der Waals surface area contributed by atoms with E-state index < -0.39 is 133 Å². The average Bonchev–Trinajstić information content (AvgIpc) is 3.39. The number of ketones is 1. The van der Waals surface area contributed by atoms with Crippen molar-refractivity contribution in [2.45, 2.75) is 128 Å². The first-order chi connectivity index (χ1) is 38.0. The van der Waals surface area contributed by atoms with E-state index in [4.69, 9.17) is 34.4 Å². The summed E-state index contributed by atoms with van der Waals surface area (Å²) in [6.07, 6.45) is 0.149. The third kappa shape index (κ3) is 33.2. The van der Waals surface area contributed by atoms with Gasteiger partial charge in [-0.3, -0.25) is 72.5 Å². The van der Waals surface area contributed by atoms with Crippen molar-refractivity contribution in [2.75, 3.05) is 65.7 Å². The largest absolute Gasteiger partial charge is 0.370 e. The van der Waals surface area contributed by atoms with E-state index in [1.165, 1.54) is 21.0 Å². The summed E-state index contributed by atoms with van der Waals surface area (Å²) in [4.78, 5) is 169. The Morgan fingerprint density at radius 2 is 0.728 bits per heavy atom. The van der Waals surface area contributed by atoms with E-state index in [9.17, 15) is 57.5 Å². The van der Waals surface area contributed by atoms with Crippen molar-refractivity contribution in [2.24, 2.45) is 61.2 Å². The molecule has 0 heterocycles. The Bertz CT molecular complexity index is 2220. The van der Waals surface area contributed by atoms with Crippen LogP contribution in [0.1, 0.15) is 86.0 Å². The Hall–Kier alpha value is -8.04. The molecule has 81 heavy (non-hydrogen) atoms. The van der Waals surface area contributed by atoms with Gasteiger partial charge in [0.05, 0.1) is 32.2 Å². The Morgan fingerprint density at radius 1 is 0.407 bits per heavy atom. The van der Waals surface area contributed by atoms with E-state index in [-0.39, 0.29) is 113 Å². The maximum absolute atomic E-state index is 14.4. The van der Waals surface area contributed by atoms with Crippen LogP contribution in [0.2, 0.25) is 0 Å². The van der Waals surface area contributed by atoms with Crippen molar-refractivity contribution in [3.8, 4) is 0 Å². The van der Waals surface area contributed by atoms with Gasteiger partial charge in [0, 0.05) is 32.4 Å². The molecule has 0 aromatic carbocycles. The predicted molar refractivity (Wildman–Crippen MR) is 304 cm³/mol. The van der Waals surface area contributed by atoms with Gasteiger partial charge in [-0.15, -0.1) is 0 Å². The van der Waals surface area contributed by atoms with Crippen LogP contribution in [0.5, 0.6) is 0 Å². The van der Waals surface area contributed by atoms with Crippen molar-refractivity contribution in [3.05, 3.63) is 0 Å². The van der Waals surface area contributed by atoms with E-state index >= 15 is 0 Å².